The molecule has 0 N–H and O–H groups in total. The molecule has 0 saturated heterocycles. The SMILES string of the molecule is FC(F)(F)c1ccc(Cc2nc3c(Cl)cccn3n2)cc1. The maximum atomic E-state index is 12.5. The topological polar surface area (TPSA) is 30.2 Å². The molecule has 0 saturated carbocycles. The van der Waals surface area contributed by atoms with Gasteiger partial charge in [0, 0.05) is 12.6 Å². The fourth-order valence-corrected chi connectivity index (χ4v) is 2.19. The van der Waals surface area contributed by atoms with Crippen molar-refractivity contribution in [2.24, 2.45) is 0 Å². The van der Waals surface area contributed by atoms with Gasteiger partial charge in [0.25, 0.3) is 0 Å². The van der Waals surface area contributed by atoms with Gasteiger partial charge in [0.15, 0.2) is 11.5 Å². The van der Waals surface area contributed by atoms with Crippen LogP contribution in [0.2, 0.25) is 5.02 Å². The summed E-state index contributed by atoms with van der Waals surface area (Å²) in [5.41, 5.74) is 0.563. The molecule has 0 amide bonds. The van der Waals surface area contributed by atoms with Crippen LogP contribution in [0.5, 0.6) is 0 Å². The number of nitrogens with zero attached hydrogens (tertiary/aromatic N) is 3. The second-order valence-electron chi connectivity index (χ2n) is 4.52. The van der Waals surface area contributed by atoms with Gasteiger partial charge >= 0.3 is 6.18 Å². The van der Waals surface area contributed by atoms with Gasteiger partial charge in [0.1, 0.15) is 0 Å². The lowest BCUT2D eigenvalue weighted by Crippen LogP contribution is -2.04. The average Bonchev–Trinajstić information content (AvgIpc) is 2.82. The first-order chi connectivity index (χ1) is 9.93. The van der Waals surface area contributed by atoms with Crippen molar-refractivity contribution in [2.75, 3.05) is 0 Å². The van der Waals surface area contributed by atoms with Crippen molar-refractivity contribution < 1.29 is 13.2 Å². The third-order valence-corrected chi connectivity index (χ3v) is 3.30. The third-order valence-electron chi connectivity index (χ3n) is 3.00. The predicted molar refractivity (Wildman–Crippen MR) is 72.2 cm³/mol. The highest BCUT2D eigenvalue weighted by molar-refractivity contribution is 6.33. The van der Waals surface area contributed by atoms with E-state index in [1.165, 1.54) is 12.1 Å². The molecule has 3 rings (SSSR count). The Balaban J connectivity index is 1.87. The van der Waals surface area contributed by atoms with Gasteiger partial charge < -0.3 is 0 Å². The van der Waals surface area contributed by atoms with E-state index in [9.17, 15) is 13.2 Å². The van der Waals surface area contributed by atoms with E-state index in [-0.39, 0.29) is 0 Å². The highest BCUT2D eigenvalue weighted by atomic mass is 35.5. The first-order valence-electron chi connectivity index (χ1n) is 6.09. The molecule has 0 bridgehead atoms. The minimum atomic E-state index is -4.33. The van der Waals surface area contributed by atoms with E-state index < -0.39 is 11.7 Å². The Morgan fingerprint density at radius 3 is 2.43 bits per heavy atom. The summed E-state index contributed by atoms with van der Waals surface area (Å²) in [6.07, 6.45) is -2.27. The zero-order valence-corrected chi connectivity index (χ0v) is 11.4. The monoisotopic (exact) mass is 311 g/mol. The fraction of sp³-hybridized carbons (Fsp3) is 0.143. The molecular formula is C14H9ClF3N3. The summed E-state index contributed by atoms with van der Waals surface area (Å²) < 4.78 is 39.0. The summed E-state index contributed by atoms with van der Waals surface area (Å²) >= 11 is 6.00. The molecule has 3 nitrogen and oxygen atoms in total. The van der Waals surface area contributed by atoms with Crippen LogP contribution in [0.25, 0.3) is 5.65 Å². The zero-order valence-electron chi connectivity index (χ0n) is 10.6. The van der Waals surface area contributed by atoms with Crippen LogP contribution in [-0.2, 0) is 12.6 Å². The number of alkyl halides is 3. The highest BCUT2D eigenvalue weighted by Gasteiger charge is 2.29. The van der Waals surface area contributed by atoms with Gasteiger partial charge in [-0.15, -0.1) is 0 Å². The molecule has 2 heterocycles. The van der Waals surface area contributed by atoms with Crippen LogP contribution in [0.4, 0.5) is 13.2 Å². The van der Waals surface area contributed by atoms with Crippen molar-refractivity contribution in [2.45, 2.75) is 12.6 Å². The van der Waals surface area contributed by atoms with Crippen molar-refractivity contribution >= 4 is 17.2 Å². The predicted octanol–water partition coefficient (Wildman–Crippen LogP) is 3.99. The minimum Gasteiger partial charge on any atom is -0.219 e. The van der Waals surface area contributed by atoms with Crippen molar-refractivity contribution in [1.29, 1.82) is 0 Å². The van der Waals surface area contributed by atoms with Gasteiger partial charge in [-0.1, -0.05) is 23.7 Å². The molecule has 3 aromatic rings. The first-order valence-corrected chi connectivity index (χ1v) is 6.47. The van der Waals surface area contributed by atoms with Gasteiger partial charge in [0.05, 0.1) is 10.6 Å². The van der Waals surface area contributed by atoms with E-state index in [0.29, 0.717) is 28.5 Å². The molecule has 108 valence electrons. The third kappa shape index (κ3) is 2.85. The number of pyridine rings is 1. The van der Waals surface area contributed by atoms with Crippen molar-refractivity contribution in [3.8, 4) is 0 Å². The highest BCUT2D eigenvalue weighted by Crippen LogP contribution is 2.29. The van der Waals surface area contributed by atoms with Crippen LogP contribution < -0.4 is 0 Å². The second-order valence-corrected chi connectivity index (χ2v) is 4.93. The molecule has 7 heteroatoms. The van der Waals surface area contributed by atoms with Gasteiger partial charge in [-0.3, -0.25) is 0 Å². The Hall–Kier alpha value is -2.08. The molecule has 0 aliphatic rings. The molecule has 0 aliphatic carbocycles. The van der Waals surface area contributed by atoms with Gasteiger partial charge in [-0.2, -0.15) is 18.3 Å². The summed E-state index contributed by atoms with van der Waals surface area (Å²) in [6.45, 7) is 0. The Kier molecular flexibility index (Phi) is 3.33. The standard InChI is InChI=1S/C14H9ClF3N3/c15-11-2-1-7-21-13(11)19-12(20-21)8-9-3-5-10(6-4-9)14(16,17)18/h1-7H,8H2. The number of fused-ring (bicyclic) bond motifs is 1. The summed E-state index contributed by atoms with van der Waals surface area (Å²) in [5, 5.41) is 4.71. The Morgan fingerprint density at radius 1 is 1.10 bits per heavy atom. The molecule has 1 aromatic carbocycles. The smallest absolute Gasteiger partial charge is 0.219 e. The second kappa shape index (κ2) is 5.04. The lowest BCUT2D eigenvalue weighted by molar-refractivity contribution is -0.137. The Morgan fingerprint density at radius 2 is 1.81 bits per heavy atom. The molecule has 21 heavy (non-hydrogen) atoms. The number of hydrogen-bond donors (Lipinski definition) is 0. The van der Waals surface area contributed by atoms with Crippen molar-refractivity contribution in [3.05, 3.63) is 64.6 Å². The lowest BCUT2D eigenvalue weighted by Gasteiger charge is -2.06. The fourth-order valence-electron chi connectivity index (χ4n) is 1.99. The molecule has 0 fully saturated rings. The molecular weight excluding hydrogens is 303 g/mol. The summed E-state index contributed by atoms with van der Waals surface area (Å²) in [4.78, 5) is 4.28. The minimum absolute atomic E-state index is 0.343. The van der Waals surface area contributed by atoms with E-state index >= 15 is 0 Å². The van der Waals surface area contributed by atoms with Gasteiger partial charge in [-0.05, 0) is 29.8 Å². The van der Waals surface area contributed by atoms with Crippen LogP contribution in [0, 0.1) is 0 Å². The summed E-state index contributed by atoms with van der Waals surface area (Å²) in [5.74, 6) is 0.503. The van der Waals surface area contributed by atoms with Crippen molar-refractivity contribution in [1.82, 2.24) is 14.6 Å². The van der Waals surface area contributed by atoms with E-state index in [2.05, 4.69) is 10.1 Å². The number of rotatable bonds is 2. The van der Waals surface area contributed by atoms with E-state index in [4.69, 9.17) is 11.6 Å². The van der Waals surface area contributed by atoms with Crippen LogP contribution in [0.1, 0.15) is 17.0 Å². The quantitative estimate of drug-likeness (QED) is 0.716. The van der Waals surface area contributed by atoms with E-state index in [1.807, 2.05) is 0 Å². The Labute approximate surface area is 123 Å². The number of halogens is 4. The number of aromatic nitrogens is 3. The zero-order chi connectivity index (χ0) is 15.0. The molecule has 0 unspecified atom stereocenters. The van der Waals surface area contributed by atoms with Gasteiger partial charge in [0.2, 0.25) is 0 Å². The van der Waals surface area contributed by atoms with E-state index in [1.54, 1.807) is 22.8 Å². The normalized spacial score (nSPS) is 12.0. The number of hydrogen-bond acceptors (Lipinski definition) is 2. The Bertz CT molecular complexity index is 778. The number of benzene rings is 1. The first kappa shape index (κ1) is 13.9. The molecule has 0 atom stereocenters. The molecule has 0 aliphatic heterocycles. The van der Waals surface area contributed by atoms with Crippen LogP contribution >= 0.6 is 11.6 Å². The largest absolute Gasteiger partial charge is 0.416 e. The molecule has 0 radical (unpaired) electrons. The maximum absolute atomic E-state index is 12.5. The molecule has 2 aromatic heterocycles. The lowest BCUT2D eigenvalue weighted by atomic mass is 10.1. The molecule has 0 spiro atoms. The van der Waals surface area contributed by atoms with E-state index in [0.717, 1.165) is 12.1 Å². The van der Waals surface area contributed by atoms with Crippen LogP contribution in [0.3, 0.4) is 0 Å². The van der Waals surface area contributed by atoms with Gasteiger partial charge in [-0.25, -0.2) is 9.50 Å². The van der Waals surface area contributed by atoms with Crippen molar-refractivity contribution in [3.63, 3.8) is 0 Å². The summed E-state index contributed by atoms with van der Waals surface area (Å²) in [7, 11) is 0. The van der Waals surface area contributed by atoms with Crippen LogP contribution in [0.15, 0.2) is 42.6 Å². The maximum Gasteiger partial charge on any atom is 0.416 e. The summed E-state index contributed by atoms with van der Waals surface area (Å²) in [6, 6.07) is 8.40. The van der Waals surface area contributed by atoms with Crippen LogP contribution in [-0.4, -0.2) is 14.6 Å². The average molecular weight is 312 g/mol.